The van der Waals surface area contributed by atoms with Gasteiger partial charge in [-0.05, 0) is 27.8 Å². The zero-order valence-corrected chi connectivity index (χ0v) is 7.56. The Labute approximate surface area is 74.4 Å². The Morgan fingerprint density at radius 2 is 2.18 bits per heavy atom. The van der Waals surface area contributed by atoms with Gasteiger partial charge in [0.25, 0.3) is 0 Å². The van der Waals surface area contributed by atoms with Gasteiger partial charge in [-0.1, -0.05) is 34.2 Å². The van der Waals surface area contributed by atoms with E-state index in [1.807, 2.05) is 12.2 Å². The van der Waals surface area contributed by atoms with Crippen LogP contribution < -0.4 is 0 Å². The first-order valence-electron chi connectivity index (χ1n) is 3.54. The van der Waals surface area contributed by atoms with Gasteiger partial charge in [0.1, 0.15) is 0 Å². The fraction of sp³-hybridized carbons (Fsp3) is 0.100. The summed E-state index contributed by atoms with van der Waals surface area (Å²) in [5.41, 5.74) is 5.72. The molecule has 0 nitrogen and oxygen atoms in total. The average molecular weight is 207 g/mol. The maximum Gasteiger partial charge on any atom is 0.00470 e. The summed E-state index contributed by atoms with van der Waals surface area (Å²) in [5, 5.41) is 0. The van der Waals surface area contributed by atoms with E-state index in [4.69, 9.17) is 0 Å². The van der Waals surface area contributed by atoms with Crippen LogP contribution in [-0.4, -0.2) is 0 Å². The quantitative estimate of drug-likeness (QED) is 0.535. The lowest BCUT2D eigenvalue weighted by atomic mass is 9.96. The lowest BCUT2D eigenvalue weighted by molar-refractivity contribution is 1.20. The second-order valence-corrected chi connectivity index (χ2v) is 3.60. The first kappa shape index (κ1) is 6.90. The van der Waals surface area contributed by atoms with E-state index in [9.17, 15) is 0 Å². The van der Waals surface area contributed by atoms with Gasteiger partial charge in [0.2, 0.25) is 0 Å². The van der Waals surface area contributed by atoms with Crippen LogP contribution in [0.3, 0.4) is 0 Å². The molecule has 0 atom stereocenters. The lowest BCUT2D eigenvalue weighted by Gasteiger charge is -2.12. The van der Waals surface area contributed by atoms with E-state index in [2.05, 4.69) is 39.9 Å². The minimum absolute atomic E-state index is 1.01. The first-order valence-corrected chi connectivity index (χ1v) is 4.34. The highest BCUT2D eigenvalue weighted by Crippen LogP contribution is 2.29. The molecule has 0 aromatic heterocycles. The Kier molecular flexibility index (Phi) is 1.69. The van der Waals surface area contributed by atoms with Crippen LogP contribution in [0.5, 0.6) is 0 Å². The van der Waals surface area contributed by atoms with Crippen LogP contribution >= 0.6 is 15.9 Å². The monoisotopic (exact) mass is 206 g/mol. The van der Waals surface area contributed by atoms with Crippen LogP contribution in [-0.2, 0) is 0 Å². The summed E-state index contributed by atoms with van der Waals surface area (Å²) >= 11 is 3.48. The zero-order chi connectivity index (χ0) is 7.68. The average Bonchev–Trinajstić information content (AvgIpc) is 2.04. The second kappa shape index (κ2) is 2.69. The van der Waals surface area contributed by atoms with Crippen molar-refractivity contribution < 1.29 is 0 Å². The lowest BCUT2D eigenvalue weighted by Crippen LogP contribution is -1.93. The fourth-order valence-corrected chi connectivity index (χ4v) is 1.65. The molecule has 11 heavy (non-hydrogen) atoms. The second-order valence-electron chi connectivity index (χ2n) is 2.58. The van der Waals surface area contributed by atoms with Crippen LogP contribution in [0.4, 0.5) is 0 Å². The highest BCUT2D eigenvalue weighted by molar-refractivity contribution is 9.11. The molecule has 0 fully saturated rings. The molecule has 0 aromatic carbocycles. The molecule has 0 aliphatic heterocycles. The highest BCUT2D eigenvalue weighted by Gasteiger charge is 2.08. The molecule has 0 amide bonds. The summed E-state index contributed by atoms with van der Waals surface area (Å²) in [7, 11) is 0. The number of hydrogen-bond acceptors (Lipinski definition) is 0. The van der Waals surface area contributed by atoms with E-state index in [1.165, 1.54) is 15.6 Å². The Morgan fingerprint density at radius 3 is 3.09 bits per heavy atom. The number of fused-ring (bicyclic) bond motifs is 1. The maximum atomic E-state index is 3.48. The zero-order valence-electron chi connectivity index (χ0n) is 5.97. The van der Waals surface area contributed by atoms with Gasteiger partial charge in [0.15, 0.2) is 0 Å². The van der Waals surface area contributed by atoms with Gasteiger partial charge in [0.05, 0.1) is 0 Å². The highest BCUT2D eigenvalue weighted by atomic mass is 79.9. The standard InChI is InChI=1S/C10H7Br/c11-10-6-5-8-3-1-2-4-9(8)7-10/h2-6H,7H2. The Balaban J connectivity index is 2.47. The summed E-state index contributed by atoms with van der Waals surface area (Å²) < 4.78 is 1.25. The smallest absolute Gasteiger partial charge is 0.00470 e. The van der Waals surface area contributed by atoms with Crippen LogP contribution in [0, 0.1) is 0 Å². The van der Waals surface area contributed by atoms with E-state index in [0.717, 1.165) is 6.42 Å². The summed E-state index contributed by atoms with van der Waals surface area (Å²) in [5.74, 6) is 0. The Hall–Kier alpha value is -0.780. The van der Waals surface area contributed by atoms with Crippen molar-refractivity contribution in [3.63, 3.8) is 0 Å². The largest absolute Gasteiger partial charge is 0.120 e. The van der Waals surface area contributed by atoms with E-state index in [1.54, 1.807) is 0 Å². The van der Waals surface area contributed by atoms with Crippen LogP contribution in [0.2, 0.25) is 0 Å². The molecule has 2 rings (SSSR count). The topological polar surface area (TPSA) is 0 Å². The molecule has 0 heterocycles. The van der Waals surface area contributed by atoms with Crippen molar-refractivity contribution in [2.45, 2.75) is 6.42 Å². The van der Waals surface area contributed by atoms with E-state index in [-0.39, 0.29) is 0 Å². The van der Waals surface area contributed by atoms with Crippen molar-refractivity contribution in [3.8, 4) is 0 Å². The molecule has 0 bridgehead atoms. The van der Waals surface area contributed by atoms with Crippen LogP contribution in [0.1, 0.15) is 6.42 Å². The van der Waals surface area contributed by atoms with Gasteiger partial charge < -0.3 is 0 Å². The fourth-order valence-electron chi connectivity index (χ4n) is 1.21. The molecule has 0 N–H and O–H groups in total. The van der Waals surface area contributed by atoms with Gasteiger partial charge in [0, 0.05) is 6.42 Å². The van der Waals surface area contributed by atoms with Gasteiger partial charge in [-0.3, -0.25) is 0 Å². The molecule has 2 aliphatic rings. The van der Waals surface area contributed by atoms with Gasteiger partial charge in [-0.2, -0.15) is 0 Å². The van der Waals surface area contributed by atoms with Crippen LogP contribution in [0.15, 0.2) is 51.7 Å². The van der Waals surface area contributed by atoms with Crippen molar-refractivity contribution in [1.29, 1.82) is 0 Å². The number of hydrogen-bond donors (Lipinski definition) is 0. The summed E-state index contributed by atoms with van der Waals surface area (Å²) in [6.07, 6.45) is 11.3. The minimum Gasteiger partial charge on any atom is -0.120 e. The number of halogens is 1. The predicted molar refractivity (Wildman–Crippen MR) is 50.4 cm³/mol. The molecule has 0 aromatic rings. The third-order valence-corrected chi connectivity index (χ3v) is 2.34. The molecule has 0 saturated heterocycles. The molecule has 1 heteroatoms. The van der Waals surface area contributed by atoms with E-state index < -0.39 is 0 Å². The van der Waals surface area contributed by atoms with Gasteiger partial charge in [-0.25, -0.2) is 0 Å². The van der Waals surface area contributed by atoms with Crippen molar-refractivity contribution in [2.75, 3.05) is 0 Å². The maximum absolute atomic E-state index is 3.48. The summed E-state index contributed by atoms with van der Waals surface area (Å²) in [6.45, 7) is 0. The van der Waals surface area contributed by atoms with Crippen molar-refractivity contribution in [1.82, 2.24) is 0 Å². The molecular formula is C10H7Br. The van der Waals surface area contributed by atoms with E-state index in [0.29, 0.717) is 0 Å². The number of allylic oxidation sites excluding steroid dienone is 7. The van der Waals surface area contributed by atoms with Gasteiger partial charge >= 0.3 is 0 Å². The van der Waals surface area contributed by atoms with Crippen molar-refractivity contribution in [2.24, 2.45) is 0 Å². The first-order chi connectivity index (χ1) is 5.36. The summed E-state index contributed by atoms with van der Waals surface area (Å²) in [6, 6.07) is 0. The SMILES string of the molecule is BrC1=CC=C2C=C=CC=C2C1. The normalized spacial score (nSPS) is 20.3. The van der Waals surface area contributed by atoms with Gasteiger partial charge in [-0.15, -0.1) is 5.73 Å². The summed E-state index contributed by atoms with van der Waals surface area (Å²) in [4.78, 5) is 0. The minimum atomic E-state index is 1.01. The molecular weight excluding hydrogens is 200 g/mol. The van der Waals surface area contributed by atoms with Crippen molar-refractivity contribution >= 4 is 15.9 Å². The van der Waals surface area contributed by atoms with E-state index >= 15 is 0 Å². The molecule has 0 saturated carbocycles. The molecule has 54 valence electrons. The third kappa shape index (κ3) is 1.30. The molecule has 2 aliphatic carbocycles. The number of rotatable bonds is 0. The van der Waals surface area contributed by atoms with Crippen LogP contribution in [0.25, 0.3) is 0 Å². The van der Waals surface area contributed by atoms with Crippen molar-refractivity contribution in [3.05, 3.63) is 51.7 Å². The molecule has 0 unspecified atom stereocenters. The molecule has 0 radical (unpaired) electrons. The Bertz CT molecular complexity index is 334. The molecule has 0 spiro atoms. The third-order valence-electron chi connectivity index (χ3n) is 1.79. The predicted octanol–water partition coefficient (Wildman–Crippen LogP) is 3.25. The Morgan fingerprint density at radius 1 is 1.27 bits per heavy atom.